The van der Waals surface area contributed by atoms with Crippen LogP contribution in [0.25, 0.3) is 4.98 Å². The molecule has 19 heavy (non-hydrogen) atoms. The summed E-state index contributed by atoms with van der Waals surface area (Å²) in [6.45, 7) is 0. The van der Waals surface area contributed by atoms with Crippen LogP contribution < -0.4 is 4.90 Å². The lowest BCUT2D eigenvalue weighted by atomic mass is 10.2. The number of para-hydroxylation sites is 1. The molecule has 0 amide bonds. The molecular weight excluding hydrogens is 244 g/mol. The van der Waals surface area contributed by atoms with E-state index in [1.165, 1.54) is 12.1 Å². The second-order valence-corrected chi connectivity index (χ2v) is 3.92. The van der Waals surface area contributed by atoms with Crippen LogP contribution in [0.4, 0.5) is 22.7 Å². The van der Waals surface area contributed by atoms with Gasteiger partial charge in [0.1, 0.15) is 11.8 Å². The van der Waals surface area contributed by atoms with Crippen molar-refractivity contribution >= 4 is 22.7 Å². The molecule has 94 valence electrons. The first-order valence-electron chi connectivity index (χ1n) is 5.56. The van der Waals surface area contributed by atoms with Gasteiger partial charge in [0.25, 0.3) is 0 Å². The molecule has 2 aromatic rings. The first-order chi connectivity index (χ1) is 9.13. The van der Waals surface area contributed by atoms with E-state index >= 15 is 0 Å². The molecule has 0 saturated carbocycles. The minimum Gasteiger partial charge on any atom is -0.339 e. The highest BCUT2D eigenvalue weighted by atomic mass is 16.6. The van der Waals surface area contributed by atoms with Crippen LogP contribution in [0.2, 0.25) is 0 Å². The Kier molecular flexibility index (Phi) is 3.39. The standard InChI is InChI=1S/C13H11N4O2/c1-16(11-5-3-2-4-6-11)12-8-7-10(15-14)9-13(12)17(18)19/h2-9H,1H3/q+1. The van der Waals surface area contributed by atoms with Gasteiger partial charge in [0, 0.05) is 18.8 Å². The number of nitrogens with zero attached hydrogens (tertiary/aromatic N) is 4. The van der Waals surface area contributed by atoms with Crippen LogP contribution in [-0.4, -0.2) is 12.0 Å². The molecule has 0 atom stereocenters. The molecule has 6 nitrogen and oxygen atoms in total. The zero-order chi connectivity index (χ0) is 13.8. The minimum absolute atomic E-state index is 0.110. The summed E-state index contributed by atoms with van der Waals surface area (Å²) in [5, 5.41) is 19.8. The fourth-order valence-electron chi connectivity index (χ4n) is 1.79. The summed E-state index contributed by atoms with van der Waals surface area (Å²) in [6.07, 6.45) is 0. The van der Waals surface area contributed by atoms with Crippen molar-refractivity contribution in [3.8, 4) is 0 Å². The number of diazo groups is 1. The molecule has 0 radical (unpaired) electrons. The number of nitro groups is 1. The van der Waals surface area contributed by atoms with E-state index in [-0.39, 0.29) is 11.4 Å². The molecule has 2 aromatic carbocycles. The third-order valence-electron chi connectivity index (χ3n) is 2.78. The summed E-state index contributed by atoms with van der Waals surface area (Å²) in [5.74, 6) is 0. The zero-order valence-electron chi connectivity index (χ0n) is 10.2. The molecular formula is C13H11N4O2+. The van der Waals surface area contributed by atoms with Gasteiger partial charge >= 0.3 is 11.4 Å². The van der Waals surface area contributed by atoms with Crippen molar-refractivity contribution in [3.05, 3.63) is 63.6 Å². The van der Waals surface area contributed by atoms with Gasteiger partial charge in [-0.05, 0) is 18.2 Å². The highest BCUT2D eigenvalue weighted by Gasteiger charge is 2.22. The van der Waals surface area contributed by atoms with Crippen LogP contribution in [-0.2, 0) is 0 Å². The first-order valence-corrected chi connectivity index (χ1v) is 5.56. The van der Waals surface area contributed by atoms with Crippen LogP contribution in [0.3, 0.4) is 0 Å². The Bertz CT molecular complexity index is 649. The Balaban J connectivity index is 2.51. The van der Waals surface area contributed by atoms with Crippen LogP contribution in [0, 0.1) is 15.5 Å². The van der Waals surface area contributed by atoms with Gasteiger partial charge in [0.15, 0.2) is 4.98 Å². The van der Waals surface area contributed by atoms with Gasteiger partial charge < -0.3 is 4.90 Å². The Morgan fingerprint density at radius 3 is 2.47 bits per heavy atom. The van der Waals surface area contributed by atoms with Crippen molar-refractivity contribution in [2.45, 2.75) is 0 Å². The van der Waals surface area contributed by atoms with Gasteiger partial charge in [0.2, 0.25) is 5.39 Å². The predicted octanol–water partition coefficient (Wildman–Crippen LogP) is 3.85. The van der Waals surface area contributed by atoms with E-state index in [0.717, 1.165) is 5.69 Å². The Hall–Kier alpha value is -2.94. The van der Waals surface area contributed by atoms with E-state index in [2.05, 4.69) is 4.98 Å². The summed E-state index contributed by atoms with van der Waals surface area (Å²) in [7, 11) is 1.74. The molecule has 0 saturated heterocycles. The molecule has 0 N–H and O–H groups in total. The molecule has 0 heterocycles. The molecule has 0 aliphatic heterocycles. The predicted molar refractivity (Wildman–Crippen MR) is 72.3 cm³/mol. The van der Waals surface area contributed by atoms with E-state index in [1.54, 1.807) is 18.0 Å². The second-order valence-electron chi connectivity index (χ2n) is 3.92. The summed E-state index contributed by atoms with van der Waals surface area (Å²) < 4.78 is 0. The Morgan fingerprint density at radius 1 is 1.21 bits per heavy atom. The second kappa shape index (κ2) is 5.14. The SMILES string of the molecule is CN(c1ccccc1)c1ccc([N+]#N)cc1[N+](=O)[O-]. The quantitative estimate of drug-likeness (QED) is 0.474. The van der Waals surface area contributed by atoms with Crippen molar-refractivity contribution in [2.24, 2.45) is 0 Å². The van der Waals surface area contributed by atoms with E-state index in [4.69, 9.17) is 5.39 Å². The van der Waals surface area contributed by atoms with E-state index in [9.17, 15) is 10.1 Å². The maximum atomic E-state index is 11.1. The summed E-state index contributed by atoms with van der Waals surface area (Å²) in [5.41, 5.74) is 1.31. The minimum atomic E-state index is -0.497. The summed E-state index contributed by atoms with van der Waals surface area (Å²) in [6, 6.07) is 13.6. The molecule has 2 rings (SSSR count). The van der Waals surface area contributed by atoms with Gasteiger partial charge in [-0.15, -0.1) is 0 Å². The van der Waals surface area contributed by atoms with Crippen molar-refractivity contribution in [2.75, 3.05) is 11.9 Å². The normalized spacial score (nSPS) is 9.68. The van der Waals surface area contributed by atoms with Gasteiger partial charge in [-0.1, -0.05) is 18.2 Å². The molecule has 6 heteroatoms. The molecule has 0 bridgehead atoms. The van der Waals surface area contributed by atoms with Crippen molar-refractivity contribution < 1.29 is 4.92 Å². The average Bonchev–Trinajstić information content (AvgIpc) is 2.46. The molecule has 0 spiro atoms. The number of benzene rings is 2. The zero-order valence-corrected chi connectivity index (χ0v) is 10.2. The lowest BCUT2D eigenvalue weighted by molar-refractivity contribution is -0.384. The maximum Gasteiger partial charge on any atom is 0.392 e. The molecule has 0 aliphatic rings. The van der Waals surface area contributed by atoms with Crippen LogP contribution in [0.5, 0.6) is 0 Å². The number of nitro benzene ring substituents is 1. The van der Waals surface area contributed by atoms with Crippen molar-refractivity contribution in [3.63, 3.8) is 0 Å². The van der Waals surface area contributed by atoms with E-state index in [1.807, 2.05) is 30.3 Å². The van der Waals surface area contributed by atoms with Crippen molar-refractivity contribution in [1.29, 1.82) is 5.39 Å². The highest BCUT2D eigenvalue weighted by molar-refractivity contribution is 5.74. The molecule has 0 unspecified atom stereocenters. The molecule has 0 aromatic heterocycles. The average molecular weight is 255 g/mol. The van der Waals surface area contributed by atoms with Gasteiger partial charge in [-0.2, -0.15) is 0 Å². The maximum absolute atomic E-state index is 11.1. The summed E-state index contributed by atoms with van der Waals surface area (Å²) in [4.78, 5) is 15.3. The molecule has 0 aliphatic carbocycles. The third kappa shape index (κ3) is 2.50. The fourth-order valence-corrected chi connectivity index (χ4v) is 1.79. The van der Waals surface area contributed by atoms with Gasteiger partial charge in [0.05, 0.1) is 4.92 Å². The lowest BCUT2D eigenvalue weighted by Crippen LogP contribution is -2.11. The number of hydrogen-bond acceptors (Lipinski definition) is 4. The Morgan fingerprint density at radius 2 is 1.89 bits per heavy atom. The third-order valence-corrected chi connectivity index (χ3v) is 2.78. The van der Waals surface area contributed by atoms with Crippen LogP contribution in [0.15, 0.2) is 48.5 Å². The van der Waals surface area contributed by atoms with Crippen LogP contribution >= 0.6 is 0 Å². The highest BCUT2D eigenvalue weighted by Crippen LogP contribution is 2.35. The van der Waals surface area contributed by atoms with E-state index < -0.39 is 4.92 Å². The van der Waals surface area contributed by atoms with E-state index in [0.29, 0.717) is 5.69 Å². The monoisotopic (exact) mass is 255 g/mol. The number of rotatable bonds is 3. The Labute approximate surface area is 109 Å². The molecule has 0 fully saturated rings. The lowest BCUT2D eigenvalue weighted by Gasteiger charge is -2.18. The first kappa shape index (κ1) is 12.5. The van der Waals surface area contributed by atoms with Gasteiger partial charge in [-0.25, -0.2) is 0 Å². The number of hydrogen-bond donors (Lipinski definition) is 0. The number of anilines is 2. The van der Waals surface area contributed by atoms with Crippen LogP contribution in [0.1, 0.15) is 0 Å². The smallest absolute Gasteiger partial charge is 0.339 e. The topological polar surface area (TPSA) is 74.5 Å². The fraction of sp³-hybridized carbons (Fsp3) is 0.0769. The van der Waals surface area contributed by atoms with Gasteiger partial charge in [-0.3, -0.25) is 10.1 Å². The largest absolute Gasteiger partial charge is 0.392 e. The summed E-state index contributed by atoms with van der Waals surface area (Å²) >= 11 is 0. The van der Waals surface area contributed by atoms with Crippen molar-refractivity contribution in [1.82, 2.24) is 0 Å².